The molecule has 0 aliphatic rings. The molecule has 0 aliphatic heterocycles. The van der Waals surface area contributed by atoms with Crippen LogP contribution in [0, 0.1) is 0 Å². The zero-order chi connectivity index (χ0) is 10.1. The molecule has 0 aromatic rings. The SMILES string of the molecule is C[C@@H](OCCCCCCO)C(=O)O. The third-order valence-electron chi connectivity index (χ3n) is 1.77. The van der Waals surface area contributed by atoms with Gasteiger partial charge < -0.3 is 14.9 Å². The molecule has 0 unspecified atom stereocenters. The lowest BCUT2D eigenvalue weighted by molar-refractivity contribution is -0.149. The molecule has 0 saturated carbocycles. The Kier molecular flexibility index (Phi) is 7.63. The number of aliphatic hydroxyl groups excluding tert-OH is 1. The maximum atomic E-state index is 10.3. The van der Waals surface area contributed by atoms with Crippen molar-refractivity contribution in [1.82, 2.24) is 0 Å². The van der Waals surface area contributed by atoms with Gasteiger partial charge in [-0.15, -0.1) is 0 Å². The van der Waals surface area contributed by atoms with Gasteiger partial charge in [-0.3, -0.25) is 0 Å². The lowest BCUT2D eigenvalue weighted by atomic mass is 10.2. The highest BCUT2D eigenvalue weighted by Crippen LogP contribution is 2.00. The minimum atomic E-state index is -0.921. The van der Waals surface area contributed by atoms with E-state index in [0.29, 0.717) is 6.61 Å². The highest BCUT2D eigenvalue weighted by Gasteiger charge is 2.09. The molecule has 0 aromatic carbocycles. The van der Waals surface area contributed by atoms with Crippen LogP contribution in [0.5, 0.6) is 0 Å². The zero-order valence-electron chi connectivity index (χ0n) is 8.03. The molecule has 0 fully saturated rings. The predicted molar refractivity (Wildman–Crippen MR) is 48.6 cm³/mol. The summed E-state index contributed by atoms with van der Waals surface area (Å²) in [7, 11) is 0. The number of ether oxygens (including phenoxy) is 1. The van der Waals surface area contributed by atoms with Crippen molar-refractivity contribution in [2.45, 2.75) is 38.7 Å². The second kappa shape index (κ2) is 8.01. The van der Waals surface area contributed by atoms with E-state index in [2.05, 4.69) is 0 Å². The third kappa shape index (κ3) is 7.74. The second-order valence-corrected chi connectivity index (χ2v) is 2.99. The zero-order valence-corrected chi connectivity index (χ0v) is 8.03. The van der Waals surface area contributed by atoms with Gasteiger partial charge in [-0.05, 0) is 19.8 Å². The van der Waals surface area contributed by atoms with Crippen LogP contribution in [0.25, 0.3) is 0 Å². The van der Waals surface area contributed by atoms with Crippen LogP contribution in [-0.2, 0) is 9.53 Å². The largest absolute Gasteiger partial charge is 0.479 e. The molecule has 0 radical (unpaired) electrons. The monoisotopic (exact) mass is 190 g/mol. The van der Waals surface area contributed by atoms with Crippen molar-refractivity contribution in [1.29, 1.82) is 0 Å². The quantitative estimate of drug-likeness (QED) is 0.561. The first-order valence-corrected chi connectivity index (χ1v) is 4.63. The standard InChI is InChI=1S/C9H18O4/c1-8(9(11)12)13-7-5-3-2-4-6-10/h8,10H,2-7H2,1H3,(H,11,12)/t8-/m1/s1. The maximum Gasteiger partial charge on any atom is 0.332 e. The van der Waals surface area contributed by atoms with Crippen molar-refractivity contribution in [2.75, 3.05) is 13.2 Å². The number of carboxylic acid groups (broad SMARTS) is 1. The van der Waals surface area contributed by atoms with E-state index < -0.39 is 12.1 Å². The van der Waals surface area contributed by atoms with E-state index in [1.54, 1.807) is 0 Å². The summed E-state index contributed by atoms with van der Waals surface area (Å²) in [5, 5.41) is 16.9. The van der Waals surface area contributed by atoms with Crippen molar-refractivity contribution in [3.05, 3.63) is 0 Å². The summed E-state index contributed by atoms with van der Waals surface area (Å²) < 4.78 is 5.02. The van der Waals surface area contributed by atoms with Crippen molar-refractivity contribution in [3.8, 4) is 0 Å². The van der Waals surface area contributed by atoms with E-state index in [9.17, 15) is 4.79 Å². The molecule has 2 N–H and O–H groups in total. The lowest BCUT2D eigenvalue weighted by Crippen LogP contribution is -2.20. The van der Waals surface area contributed by atoms with Gasteiger partial charge in [0.15, 0.2) is 6.10 Å². The Morgan fingerprint density at radius 2 is 1.92 bits per heavy atom. The molecule has 1 atom stereocenters. The molecule has 4 nitrogen and oxygen atoms in total. The topological polar surface area (TPSA) is 66.8 Å². The van der Waals surface area contributed by atoms with Gasteiger partial charge in [-0.2, -0.15) is 0 Å². The van der Waals surface area contributed by atoms with Gasteiger partial charge in [0.05, 0.1) is 0 Å². The van der Waals surface area contributed by atoms with E-state index in [-0.39, 0.29) is 6.61 Å². The first-order valence-electron chi connectivity index (χ1n) is 4.63. The third-order valence-corrected chi connectivity index (χ3v) is 1.77. The second-order valence-electron chi connectivity index (χ2n) is 2.99. The molecule has 4 heteroatoms. The molecular weight excluding hydrogens is 172 g/mol. The Bertz CT molecular complexity index is 136. The molecule has 0 spiro atoms. The molecule has 0 bridgehead atoms. The van der Waals surface area contributed by atoms with Crippen LogP contribution in [0.1, 0.15) is 32.6 Å². The Morgan fingerprint density at radius 3 is 2.46 bits per heavy atom. The van der Waals surface area contributed by atoms with Crippen molar-refractivity contribution < 1.29 is 19.7 Å². The fourth-order valence-electron chi connectivity index (χ4n) is 0.899. The summed E-state index contributed by atoms with van der Waals surface area (Å²) in [6.07, 6.45) is 2.91. The fourth-order valence-corrected chi connectivity index (χ4v) is 0.899. The van der Waals surface area contributed by atoms with E-state index in [0.717, 1.165) is 25.7 Å². The Hall–Kier alpha value is -0.610. The summed E-state index contributed by atoms with van der Waals surface area (Å²) in [5.41, 5.74) is 0. The highest BCUT2D eigenvalue weighted by atomic mass is 16.5. The molecule has 78 valence electrons. The van der Waals surface area contributed by atoms with E-state index >= 15 is 0 Å². The number of hydrogen-bond acceptors (Lipinski definition) is 3. The predicted octanol–water partition coefficient (Wildman–Crippen LogP) is 1.03. The van der Waals surface area contributed by atoms with Gasteiger partial charge in [-0.25, -0.2) is 4.79 Å². The summed E-state index contributed by atoms with van der Waals surface area (Å²) in [6.45, 7) is 2.24. The number of hydrogen-bond donors (Lipinski definition) is 2. The number of carboxylic acids is 1. The maximum absolute atomic E-state index is 10.3. The minimum absolute atomic E-state index is 0.229. The summed E-state index contributed by atoms with van der Waals surface area (Å²) in [4.78, 5) is 10.3. The van der Waals surface area contributed by atoms with Crippen LogP contribution in [0.4, 0.5) is 0 Å². The van der Waals surface area contributed by atoms with Crippen LogP contribution in [0.15, 0.2) is 0 Å². The lowest BCUT2D eigenvalue weighted by Gasteiger charge is -2.07. The molecular formula is C9H18O4. The minimum Gasteiger partial charge on any atom is -0.479 e. The van der Waals surface area contributed by atoms with Gasteiger partial charge in [0.1, 0.15) is 0 Å². The van der Waals surface area contributed by atoms with Crippen molar-refractivity contribution in [2.24, 2.45) is 0 Å². The number of aliphatic carboxylic acids is 1. The van der Waals surface area contributed by atoms with Gasteiger partial charge in [-0.1, -0.05) is 12.8 Å². The van der Waals surface area contributed by atoms with Gasteiger partial charge in [0, 0.05) is 13.2 Å². The van der Waals surface area contributed by atoms with Crippen molar-refractivity contribution in [3.63, 3.8) is 0 Å². The smallest absolute Gasteiger partial charge is 0.332 e. The number of carbonyl (C=O) groups is 1. The molecule has 0 rings (SSSR count). The molecule has 0 saturated heterocycles. The van der Waals surface area contributed by atoms with E-state index in [4.69, 9.17) is 14.9 Å². The van der Waals surface area contributed by atoms with E-state index in [1.165, 1.54) is 6.92 Å². The molecule has 13 heavy (non-hydrogen) atoms. The number of rotatable bonds is 8. The van der Waals surface area contributed by atoms with E-state index in [1.807, 2.05) is 0 Å². The van der Waals surface area contributed by atoms with Crippen LogP contribution in [0.3, 0.4) is 0 Å². The highest BCUT2D eigenvalue weighted by molar-refractivity contribution is 5.71. The fraction of sp³-hybridized carbons (Fsp3) is 0.889. The van der Waals surface area contributed by atoms with Gasteiger partial charge in [0.25, 0.3) is 0 Å². The van der Waals surface area contributed by atoms with Crippen LogP contribution in [-0.4, -0.2) is 35.5 Å². The first-order chi connectivity index (χ1) is 6.18. The Morgan fingerprint density at radius 1 is 1.31 bits per heavy atom. The van der Waals surface area contributed by atoms with Crippen LogP contribution >= 0.6 is 0 Å². The van der Waals surface area contributed by atoms with Crippen LogP contribution < -0.4 is 0 Å². The Labute approximate surface area is 78.5 Å². The molecule has 0 aromatic heterocycles. The average Bonchev–Trinajstić information content (AvgIpc) is 2.10. The summed E-state index contributed by atoms with van der Waals surface area (Å²) >= 11 is 0. The first kappa shape index (κ1) is 12.4. The Balaban J connectivity index is 3.11. The summed E-state index contributed by atoms with van der Waals surface area (Å²) in [5.74, 6) is -0.921. The summed E-state index contributed by atoms with van der Waals surface area (Å²) in [6, 6.07) is 0. The van der Waals surface area contributed by atoms with Gasteiger partial charge in [0.2, 0.25) is 0 Å². The van der Waals surface area contributed by atoms with Crippen molar-refractivity contribution >= 4 is 5.97 Å². The molecule has 0 aliphatic carbocycles. The normalized spacial score (nSPS) is 12.8. The average molecular weight is 190 g/mol. The number of unbranched alkanes of at least 4 members (excludes halogenated alkanes) is 3. The number of aliphatic hydroxyl groups is 1. The van der Waals surface area contributed by atoms with Crippen LogP contribution in [0.2, 0.25) is 0 Å². The molecule has 0 heterocycles. The molecule has 0 amide bonds. The van der Waals surface area contributed by atoms with Gasteiger partial charge >= 0.3 is 5.97 Å².